The van der Waals surface area contributed by atoms with Gasteiger partial charge in [-0.25, -0.2) is 9.97 Å². The molecule has 3 heterocycles. The van der Waals surface area contributed by atoms with E-state index in [-0.39, 0.29) is 18.0 Å². The number of hydrogen-bond donors (Lipinski definition) is 1. The maximum absolute atomic E-state index is 12.7. The van der Waals surface area contributed by atoms with Gasteiger partial charge < -0.3 is 5.32 Å². The van der Waals surface area contributed by atoms with Crippen LogP contribution < -0.4 is 10.9 Å². The fraction of sp³-hybridized carbons (Fsp3) is 0.0588. The molecule has 8 heteroatoms. The van der Waals surface area contributed by atoms with E-state index in [4.69, 9.17) is 0 Å². The number of pyridine rings is 1. The van der Waals surface area contributed by atoms with E-state index in [0.717, 1.165) is 14.7 Å². The van der Waals surface area contributed by atoms with Crippen LogP contribution in [0.4, 0.5) is 5.69 Å². The molecule has 6 nitrogen and oxygen atoms in total. The summed E-state index contributed by atoms with van der Waals surface area (Å²) in [6.07, 6.45) is 3.09. The van der Waals surface area contributed by atoms with E-state index in [0.29, 0.717) is 15.9 Å². The molecular formula is C17H11BrN4O2S. The van der Waals surface area contributed by atoms with Gasteiger partial charge >= 0.3 is 0 Å². The highest BCUT2D eigenvalue weighted by Crippen LogP contribution is 2.27. The predicted molar refractivity (Wildman–Crippen MR) is 102 cm³/mol. The topological polar surface area (TPSA) is 76.9 Å². The van der Waals surface area contributed by atoms with Gasteiger partial charge in [-0.1, -0.05) is 22.0 Å². The quantitative estimate of drug-likeness (QED) is 0.557. The zero-order chi connectivity index (χ0) is 17.4. The van der Waals surface area contributed by atoms with Crippen LogP contribution in [0.3, 0.4) is 0 Å². The van der Waals surface area contributed by atoms with Gasteiger partial charge in [-0.15, -0.1) is 11.3 Å². The first-order valence-electron chi connectivity index (χ1n) is 7.40. The number of rotatable bonds is 3. The van der Waals surface area contributed by atoms with Crippen LogP contribution in [0.1, 0.15) is 0 Å². The van der Waals surface area contributed by atoms with Crippen molar-refractivity contribution in [1.29, 1.82) is 0 Å². The summed E-state index contributed by atoms with van der Waals surface area (Å²) in [5.41, 5.74) is 1.05. The molecule has 0 radical (unpaired) electrons. The van der Waals surface area contributed by atoms with Crippen molar-refractivity contribution in [2.75, 3.05) is 5.32 Å². The predicted octanol–water partition coefficient (Wildman–Crippen LogP) is 3.41. The molecule has 0 aliphatic rings. The fourth-order valence-corrected chi connectivity index (χ4v) is 3.98. The van der Waals surface area contributed by atoms with E-state index in [1.807, 2.05) is 24.3 Å². The summed E-state index contributed by atoms with van der Waals surface area (Å²) in [4.78, 5) is 34.3. The van der Waals surface area contributed by atoms with Crippen LogP contribution in [0.5, 0.6) is 0 Å². The number of carbonyl (C=O) groups is 1. The first-order chi connectivity index (χ1) is 12.1. The first-order valence-corrected chi connectivity index (χ1v) is 9.01. The molecule has 124 valence electrons. The summed E-state index contributed by atoms with van der Waals surface area (Å²) in [5, 5.41) is 3.62. The summed E-state index contributed by atoms with van der Waals surface area (Å²) in [5.74, 6) is -0.291. The Morgan fingerprint density at radius 1 is 1.24 bits per heavy atom. The lowest BCUT2D eigenvalue weighted by molar-refractivity contribution is -0.116. The third-order valence-corrected chi connectivity index (χ3v) is 5.23. The number of halogens is 1. The van der Waals surface area contributed by atoms with Gasteiger partial charge in [-0.2, -0.15) is 0 Å². The van der Waals surface area contributed by atoms with Gasteiger partial charge in [-0.3, -0.25) is 14.2 Å². The van der Waals surface area contributed by atoms with Crippen LogP contribution >= 0.6 is 27.3 Å². The van der Waals surface area contributed by atoms with Gasteiger partial charge in [-0.05, 0) is 30.3 Å². The Balaban J connectivity index is 1.65. The van der Waals surface area contributed by atoms with E-state index < -0.39 is 0 Å². The molecule has 0 saturated heterocycles. The van der Waals surface area contributed by atoms with E-state index in [9.17, 15) is 9.59 Å². The smallest absolute Gasteiger partial charge is 0.271 e. The minimum atomic E-state index is -0.291. The largest absolute Gasteiger partial charge is 0.324 e. The van der Waals surface area contributed by atoms with Crippen LogP contribution in [0.2, 0.25) is 0 Å². The van der Waals surface area contributed by atoms with Crippen LogP contribution in [0.25, 0.3) is 20.4 Å². The van der Waals surface area contributed by atoms with E-state index >= 15 is 0 Å². The summed E-state index contributed by atoms with van der Waals surface area (Å²) >= 11 is 4.64. The normalized spacial score (nSPS) is 11.1. The molecule has 4 aromatic rings. The lowest BCUT2D eigenvalue weighted by Crippen LogP contribution is -2.27. The van der Waals surface area contributed by atoms with Crippen molar-refractivity contribution in [2.45, 2.75) is 6.54 Å². The molecule has 1 aromatic carbocycles. The molecule has 0 aliphatic carbocycles. The van der Waals surface area contributed by atoms with Crippen molar-refractivity contribution in [3.8, 4) is 0 Å². The molecule has 0 saturated carbocycles. The molecular weight excluding hydrogens is 404 g/mol. The van der Waals surface area contributed by atoms with Crippen LogP contribution in [-0.2, 0) is 11.3 Å². The van der Waals surface area contributed by atoms with Crippen LogP contribution in [0, 0.1) is 0 Å². The maximum atomic E-state index is 12.7. The number of hydrogen-bond acceptors (Lipinski definition) is 5. The number of carbonyl (C=O) groups excluding carboxylic acids is 1. The van der Waals surface area contributed by atoms with Crippen LogP contribution in [0.15, 0.2) is 58.2 Å². The van der Waals surface area contributed by atoms with Crippen molar-refractivity contribution in [3.05, 3.63) is 63.7 Å². The highest BCUT2D eigenvalue weighted by Gasteiger charge is 2.13. The van der Waals surface area contributed by atoms with Crippen LogP contribution in [-0.4, -0.2) is 20.4 Å². The first kappa shape index (κ1) is 15.9. The Bertz CT molecular complexity index is 1170. The second kappa shape index (κ2) is 6.38. The standard InChI is InChI=1S/C17H11BrN4O2S/c18-10-3-1-4-11(7-10)21-13(23)8-22-9-20-14-12-5-2-6-19-16(12)25-15(14)17(22)24/h1-7,9H,8H2,(H,21,23). The Morgan fingerprint density at radius 3 is 2.96 bits per heavy atom. The number of anilines is 1. The Morgan fingerprint density at radius 2 is 2.12 bits per heavy atom. The molecule has 0 spiro atoms. The minimum absolute atomic E-state index is 0.101. The van der Waals surface area contributed by atoms with E-state index in [1.165, 1.54) is 22.2 Å². The van der Waals surface area contributed by atoms with Gasteiger partial charge in [0, 0.05) is 21.7 Å². The lowest BCUT2D eigenvalue weighted by Gasteiger charge is -2.07. The summed E-state index contributed by atoms with van der Waals surface area (Å²) < 4.78 is 2.68. The Labute approximate surface area is 154 Å². The van der Waals surface area contributed by atoms with Gasteiger partial charge in [0.15, 0.2) is 0 Å². The number of aromatic nitrogens is 3. The zero-order valence-electron chi connectivity index (χ0n) is 12.8. The van der Waals surface area contributed by atoms with Gasteiger partial charge in [0.2, 0.25) is 5.91 Å². The summed E-state index contributed by atoms with van der Waals surface area (Å²) in [6, 6.07) is 11.0. The summed E-state index contributed by atoms with van der Waals surface area (Å²) in [7, 11) is 0. The molecule has 0 aliphatic heterocycles. The number of nitrogens with zero attached hydrogens (tertiary/aromatic N) is 3. The second-order valence-corrected chi connectivity index (χ2v) is 7.29. The van der Waals surface area contributed by atoms with Crippen molar-refractivity contribution in [2.24, 2.45) is 0 Å². The molecule has 0 atom stereocenters. The van der Waals surface area contributed by atoms with Crippen molar-refractivity contribution in [1.82, 2.24) is 14.5 Å². The Kier molecular flexibility index (Phi) is 4.06. The third kappa shape index (κ3) is 3.06. The van der Waals surface area contributed by atoms with Crippen molar-refractivity contribution < 1.29 is 4.79 Å². The molecule has 4 rings (SSSR count). The van der Waals surface area contributed by atoms with Gasteiger partial charge in [0.25, 0.3) is 5.56 Å². The Hall–Kier alpha value is -2.58. The molecule has 0 fully saturated rings. The van der Waals surface area contributed by atoms with Gasteiger partial charge in [0.05, 0.1) is 11.8 Å². The SMILES string of the molecule is O=C(Cn1cnc2c(sc3ncccc32)c1=O)Nc1cccc(Br)c1. The average molecular weight is 415 g/mol. The number of thiophene rings is 1. The number of amides is 1. The van der Waals surface area contributed by atoms with E-state index in [2.05, 4.69) is 31.2 Å². The number of nitrogens with one attached hydrogen (secondary N) is 1. The van der Waals surface area contributed by atoms with Crippen molar-refractivity contribution >= 4 is 59.3 Å². The van der Waals surface area contributed by atoms with Gasteiger partial charge in [0.1, 0.15) is 16.1 Å². The van der Waals surface area contributed by atoms with Crippen molar-refractivity contribution in [3.63, 3.8) is 0 Å². The molecule has 0 bridgehead atoms. The molecule has 0 unspecified atom stereocenters. The second-order valence-electron chi connectivity index (χ2n) is 5.37. The monoisotopic (exact) mass is 414 g/mol. The average Bonchev–Trinajstić information content (AvgIpc) is 2.97. The molecule has 3 aromatic heterocycles. The fourth-order valence-electron chi connectivity index (χ4n) is 2.54. The number of benzene rings is 1. The maximum Gasteiger partial charge on any atom is 0.271 e. The molecule has 1 amide bonds. The molecule has 25 heavy (non-hydrogen) atoms. The summed E-state index contributed by atoms with van der Waals surface area (Å²) in [6.45, 7) is -0.101. The molecule has 1 N–H and O–H groups in total. The zero-order valence-corrected chi connectivity index (χ0v) is 15.2. The number of fused-ring (bicyclic) bond motifs is 3. The van der Waals surface area contributed by atoms with E-state index in [1.54, 1.807) is 18.3 Å². The third-order valence-electron chi connectivity index (χ3n) is 3.64. The highest BCUT2D eigenvalue weighted by atomic mass is 79.9. The minimum Gasteiger partial charge on any atom is -0.324 e. The lowest BCUT2D eigenvalue weighted by atomic mass is 10.3. The highest BCUT2D eigenvalue weighted by molar-refractivity contribution is 9.10.